The lowest BCUT2D eigenvalue weighted by atomic mass is 10.1. The van der Waals surface area contributed by atoms with Crippen molar-refractivity contribution in [3.63, 3.8) is 0 Å². The van der Waals surface area contributed by atoms with Crippen LogP contribution in [-0.2, 0) is 9.59 Å². The standard InChI is InChI=1S/C23H22Cl2N4O4S/c1-32-17-7-5-16(6-8-17)29-13-14(11-21(29)31)22-27-28-23(34-22)26-20(30)3-2-10-33-19-9-4-15(24)12-18(19)25/h4-9,12,14H,2-3,10-11,13H2,1H3,(H,26,28,30). The van der Waals surface area contributed by atoms with E-state index in [1.165, 1.54) is 11.3 Å². The van der Waals surface area contributed by atoms with Gasteiger partial charge in [0.15, 0.2) is 0 Å². The summed E-state index contributed by atoms with van der Waals surface area (Å²) in [6.45, 7) is 0.847. The number of anilines is 2. The van der Waals surface area contributed by atoms with Crippen molar-refractivity contribution in [1.29, 1.82) is 0 Å². The lowest BCUT2D eigenvalue weighted by molar-refractivity contribution is -0.117. The fourth-order valence-corrected chi connectivity index (χ4v) is 4.84. The van der Waals surface area contributed by atoms with Crippen LogP contribution < -0.4 is 19.7 Å². The van der Waals surface area contributed by atoms with Gasteiger partial charge in [0.2, 0.25) is 16.9 Å². The summed E-state index contributed by atoms with van der Waals surface area (Å²) in [7, 11) is 1.60. The first-order chi connectivity index (χ1) is 16.4. The number of rotatable bonds is 9. The molecule has 1 fully saturated rings. The Balaban J connectivity index is 1.25. The van der Waals surface area contributed by atoms with Crippen LogP contribution in [0.25, 0.3) is 0 Å². The van der Waals surface area contributed by atoms with Crippen LogP contribution in [-0.4, -0.2) is 42.3 Å². The van der Waals surface area contributed by atoms with Gasteiger partial charge in [0.25, 0.3) is 0 Å². The number of nitrogens with zero attached hydrogens (tertiary/aromatic N) is 3. The number of nitrogens with one attached hydrogen (secondary N) is 1. The van der Waals surface area contributed by atoms with E-state index in [0.29, 0.717) is 46.9 Å². The number of hydrogen-bond acceptors (Lipinski definition) is 7. The number of benzene rings is 2. The first-order valence-corrected chi connectivity index (χ1v) is 12.2. The van der Waals surface area contributed by atoms with Gasteiger partial charge in [-0.25, -0.2) is 0 Å². The Hall–Kier alpha value is -2.88. The molecule has 178 valence electrons. The van der Waals surface area contributed by atoms with Crippen LogP contribution in [0, 0.1) is 0 Å². The summed E-state index contributed by atoms with van der Waals surface area (Å²) in [5, 5.41) is 13.1. The number of halogens is 2. The van der Waals surface area contributed by atoms with Crippen molar-refractivity contribution in [2.24, 2.45) is 0 Å². The molecule has 1 aromatic heterocycles. The largest absolute Gasteiger partial charge is 0.497 e. The van der Waals surface area contributed by atoms with Gasteiger partial charge >= 0.3 is 0 Å². The van der Waals surface area contributed by atoms with Crippen LogP contribution in [0.15, 0.2) is 42.5 Å². The predicted molar refractivity (Wildman–Crippen MR) is 132 cm³/mol. The third-order valence-corrected chi connectivity index (χ3v) is 6.78. The van der Waals surface area contributed by atoms with Crippen LogP contribution in [0.1, 0.15) is 30.2 Å². The van der Waals surface area contributed by atoms with Gasteiger partial charge in [0, 0.05) is 36.0 Å². The van der Waals surface area contributed by atoms with Crippen molar-refractivity contribution in [3.05, 3.63) is 57.5 Å². The molecule has 1 aliphatic heterocycles. The summed E-state index contributed by atoms with van der Waals surface area (Å²) in [5.74, 6) is 1.02. The Labute approximate surface area is 210 Å². The lowest BCUT2D eigenvalue weighted by Gasteiger charge is -2.16. The molecule has 11 heteroatoms. The minimum Gasteiger partial charge on any atom is -0.497 e. The number of hydrogen-bond donors (Lipinski definition) is 1. The summed E-state index contributed by atoms with van der Waals surface area (Å²) in [4.78, 5) is 26.5. The summed E-state index contributed by atoms with van der Waals surface area (Å²) < 4.78 is 10.8. The highest BCUT2D eigenvalue weighted by atomic mass is 35.5. The summed E-state index contributed by atoms with van der Waals surface area (Å²) in [6.07, 6.45) is 1.11. The first-order valence-electron chi connectivity index (χ1n) is 10.6. The minimum absolute atomic E-state index is 0.0248. The van der Waals surface area contributed by atoms with E-state index in [-0.39, 0.29) is 24.2 Å². The number of carbonyl (C=O) groups is 2. The second-order valence-electron chi connectivity index (χ2n) is 7.62. The molecule has 1 atom stereocenters. The van der Waals surface area contributed by atoms with Crippen molar-refractivity contribution >= 4 is 57.2 Å². The van der Waals surface area contributed by atoms with E-state index in [1.807, 2.05) is 24.3 Å². The van der Waals surface area contributed by atoms with Crippen molar-refractivity contribution in [1.82, 2.24) is 10.2 Å². The van der Waals surface area contributed by atoms with Gasteiger partial charge in [0.1, 0.15) is 16.5 Å². The van der Waals surface area contributed by atoms with Crippen LogP contribution >= 0.6 is 34.5 Å². The zero-order chi connectivity index (χ0) is 24.1. The third kappa shape index (κ3) is 5.97. The van der Waals surface area contributed by atoms with Crippen LogP contribution in [0.4, 0.5) is 10.8 Å². The molecule has 1 unspecified atom stereocenters. The Kier molecular flexibility index (Phi) is 7.87. The highest BCUT2D eigenvalue weighted by Crippen LogP contribution is 2.35. The molecule has 8 nitrogen and oxygen atoms in total. The van der Waals surface area contributed by atoms with E-state index < -0.39 is 0 Å². The molecule has 1 saturated heterocycles. The maximum absolute atomic E-state index is 12.5. The average Bonchev–Trinajstić information content (AvgIpc) is 3.44. The number of amides is 2. The molecule has 0 saturated carbocycles. The first kappa shape index (κ1) is 24.3. The van der Waals surface area contributed by atoms with Gasteiger partial charge in [-0.3, -0.25) is 9.59 Å². The zero-order valence-electron chi connectivity index (χ0n) is 18.3. The summed E-state index contributed by atoms with van der Waals surface area (Å²) in [6, 6.07) is 12.3. The van der Waals surface area contributed by atoms with E-state index in [1.54, 1.807) is 30.2 Å². The predicted octanol–water partition coefficient (Wildman–Crippen LogP) is 5.17. The van der Waals surface area contributed by atoms with Crippen LogP contribution in [0.5, 0.6) is 11.5 Å². The quantitative estimate of drug-likeness (QED) is 0.391. The van der Waals surface area contributed by atoms with Gasteiger partial charge in [0.05, 0.1) is 18.7 Å². The molecule has 0 bridgehead atoms. The molecular weight excluding hydrogens is 499 g/mol. The number of carbonyl (C=O) groups excluding carboxylic acids is 2. The molecule has 4 rings (SSSR count). The van der Waals surface area contributed by atoms with Crippen molar-refractivity contribution in [3.8, 4) is 11.5 Å². The van der Waals surface area contributed by atoms with E-state index in [9.17, 15) is 9.59 Å². The van der Waals surface area contributed by atoms with E-state index in [0.717, 1.165) is 16.4 Å². The second kappa shape index (κ2) is 11.0. The van der Waals surface area contributed by atoms with Crippen LogP contribution in [0.3, 0.4) is 0 Å². The van der Waals surface area contributed by atoms with Gasteiger partial charge in [-0.05, 0) is 48.9 Å². The second-order valence-corrected chi connectivity index (χ2v) is 9.48. The summed E-state index contributed by atoms with van der Waals surface area (Å²) >= 11 is 13.2. The fraction of sp³-hybridized carbons (Fsp3) is 0.304. The van der Waals surface area contributed by atoms with Gasteiger partial charge < -0.3 is 19.7 Å². The molecular formula is C23H22Cl2N4O4S. The normalized spacial score (nSPS) is 15.4. The number of ether oxygens (including phenoxy) is 2. The molecule has 2 amide bonds. The zero-order valence-corrected chi connectivity index (χ0v) is 20.6. The summed E-state index contributed by atoms with van der Waals surface area (Å²) in [5.41, 5.74) is 0.813. The average molecular weight is 521 g/mol. The van der Waals surface area contributed by atoms with Crippen molar-refractivity contribution < 1.29 is 19.1 Å². The van der Waals surface area contributed by atoms with E-state index >= 15 is 0 Å². The van der Waals surface area contributed by atoms with Crippen molar-refractivity contribution in [2.75, 3.05) is 30.5 Å². The van der Waals surface area contributed by atoms with Crippen LogP contribution in [0.2, 0.25) is 10.0 Å². The maximum Gasteiger partial charge on any atom is 0.227 e. The maximum atomic E-state index is 12.5. The molecule has 2 heterocycles. The molecule has 0 spiro atoms. The van der Waals surface area contributed by atoms with Gasteiger partial charge in [-0.2, -0.15) is 0 Å². The molecule has 0 radical (unpaired) electrons. The lowest BCUT2D eigenvalue weighted by Crippen LogP contribution is -2.24. The Morgan fingerprint density at radius 2 is 2.00 bits per heavy atom. The highest BCUT2D eigenvalue weighted by molar-refractivity contribution is 7.15. The molecule has 1 N–H and O–H groups in total. The fourth-order valence-electron chi connectivity index (χ4n) is 3.52. The number of methoxy groups -OCH3 is 1. The molecule has 0 aliphatic carbocycles. The van der Waals surface area contributed by atoms with E-state index in [4.69, 9.17) is 32.7 Å². The Morgan fingerprint density at radius 3 is 2.74 bits per heavy atom. The molecule has 1 aliphatic rings. The van der Waals surface area contributed by atoms with Gasteiger partial charge in [-0.15, -0.1) is 10.2 Å². The Bertz CT molecular complexity index is 1170. The Morgan fingerprint density at radius 1 is 1.21 bits per heavy atom. The third-order valence-electron chi connectivity index (χ3n) is 5.25. The van der Waals surface area contributed by atoms with Crippen molar-refractivity contribution in [2.45, 2.75) is 25.2 Å². The molecule has 34 heavy (non-hydrogen) atoms. The minimum atomic E-state index is -0.184. The topological polar surface area (TPSA) is 93.7 Å². The van der Waals surface area contributed by atoms with Gasteiger partial charge in [-0.1, -0.05) is 34.5 Å². The molecule has 3 aromatic rings. The van der Waals surface area contributed by atoms with E-state index in [2.05, 4.69) is 15.5 Å². The highest BCUT2D eigenvalue weighted by Gasteiger charge is 2.34. The molecule has 2 aromatic carbocycles. The monoisotopic (exact) mass is 520 g/mol. The SMILES string of the molecule is COc1ccc(N2CC(c3nnc(NC(=O)CCCOc4ccc(Cl)cc4Cl)s3)CC2=O)cc1. The smallest absolute Gasteiger partial charge is 0.227 e. The number of aromatic nitrogens is 2.